The highest BCUT2D eigenvalue weighted by Gasteiger charge is 2.19. The molecule has 2 aromatic carbocycles. The molecule has 1 heterocycles. The minimum absolute atomic E-state index is 0.127. The number of hydrogen-bond donors (Lipinski definition) is 0. The first kappa shape index (κ1) is 14.2. The number of methoxy groups -OCH3 is 1. The first-order valence-electron chi connectivity index (χ1n) is 6.22. The lowest BCUT2D eigenvalue weighted by Gasteiger charge is -2.11. The van der Waals surface area contributed by atoms with Gasteiger partial charge in [-0.2, -0.15) is 0 Å². The van der Waals surface area contributed by atoms with Gasteiger partial charge in [-0.05, 0) is 24.3 Å². The van der Waals surface area contributed by atoms with Gasteiger partial charge in [0.25, 0.3) is 0 Å². The van der Waals surface area contributed by atoms with E-state index < -0.39 is 5.82 Å². The molecule has 0 amide bonds. The van der Waals surface area contributed by atoms with Gasteiger partial charge < -0.3 is 4.74 Å². The zero-order valence-electron chi connectivity index (χ0n) is 11.1. The maximum atomic E-state index is 14.2. The fourth-order valence-corrected chi connectivity index (χ4v) is 2.75. The SMILES string of the molecule is COc1cccc2c1nc(CCl)n2-c1c(F)cccc1Cl. The lowest BCUT2D eigenvalue weighted by molar-refractivity contribution is 0.419. The predicted molar refractivity (Wildman–Crippen MR) is 82.1 cm³/mol. The van der Waals surface area contributed by atoms with Gasteiger partial charge in [-0.3, -0.25) is 4.57 Å². The molecule has 0 unspecified atom stereocenters. The van der Waals surface area contributed by atoms with Gasteiger partial charge in [0.2, 0.25) is 0 Å². The molecule has 0 N–H and O–H groups in total. The summed E-state index contributed by atoms with van der Waals surface area (Å²) in [4.78, 5) is 4.44. The van der Waals surface area contributed by atoms with Crippen LogP contribution in [0.3, 0.4) is 0 Å². The largest absolute Gasteiger partial charge is 0.494 e. The highest BCUT2D eigenvalue weighted by atomic mass is 35.5. The van der Waals surface area contributed by atoms with E-state index in [2.05, 4.69) is 4.98 Å². The summed E-state index contributed by atoms with van der Waals surface area (Å²) in [5.74, 6) is 0.798. The molecule has 108 valence electrons. The van der Waals surface area contributed by atoms with Crippen LogP contribution in [0.4, 0.5) is 4.39 Å². The first-order chi connectivity index (χ1) is 10.2. The minimum Gasteiger partial charge on any atom is -0.494 e. The highest BCUT2D eigenvalue weighted by molar-refractivity contribution is 6.32. The Labute approximate surface area is 130 Å². The fourth-order valence-electron chi connectivity index (χ4n) is 2.33. The van der Waals surface area contributed by atoms with Crippen molar-refractivity contribution in [2.45, 2.75) is 5.88 Å². The highest BCUT2D eigenvalue weighted by Crippen LogP contribution is 2.32. The van der Waals surface area contributed by atoms with Crippen molar-refractivity contribution in [1.82, 2.24) is 9.55 Å². The first-order valence-corrected chi connectivity index (χ1v) is 7.13. The molecule has 0 radical (unpaired) electrons. The van der Waals surface area contributed by atoms with Crippen LogP contribution in [0.25, 0.3) is 16.7 Å². The van der Waals surface area contributed by atoms with Gasteiger partial charge in [0.15, 0.2) is 0 Å². The molecule has 3 aromatic rings. The number of benzene rings is 2. The summed E-state index contributed by atoms with van der Waals surface area (Å²) >= 11 is 12.1. The lowest BCUT2D eigenvalue weighted by atomic mass is 10.2. The molecular formula is C15H11Cl2FN2O. The van der Waals surface area contributed by atoms with Crippen LogP contribution in [0.2, 0.25) is 5.02 Å². The van der Waals surface area contributed by atoms with Gasteiger partial charge in [-0.15, -0.1) is 11.6 Å². The molecule has 0 aliphatic rings. The summed E-state index contributed by atoms with van der Waals surface area (Å²) in [6.45, 7) is 0. The lowest BCUT2D eigenvalue weighted by Crippen LogP contribution is -2.03. The summed E-state index contributed by atoms with van der Waals surface area (Å²) in [5.41, 5.74) is 1.55. The predicted octanol–water partition coefficient (Wildman–Crippen LogP) is 4.57. The van der Waals surface area contributed by atoms with Crippen LogP contribution in [0.5, 0.6) is 5.75 Å². The van der Waals surface area contributed by atoms with Crippen LogP contribution in [-0.2, 0) is 5.88 Å². The molecule has 0 aliphatic heterocycles. The third kappa shape index (κ3) is 2.24. The van der Waals surface area contributed by atoms with Crippen molar-refractivity contribution >= 4 is 34.2 Å². The van der Waals surface area contributed by atoms with E-state index in [-0.39, 0.29) is 11.6 Å². The zero-order valence-corrected chi connectivity index (χ0v) is 12.6. The van der Waals surface area contributed by atoms with Crippen molar-refractivity contribution in [1.29, 1.82) is 0 Å². The van der Waals surface area contributed by atoms with Gasteiger partial charge in [-0.25, -0.2) is 9.37 Å². The number of rotatable bonds is 3. The molecule has 0 saturated carbocycles. The average molecular weight is 325 g/mol. The van der Waals surface area contributed by atoms with Gasteiger partial charge in [0.1, 0.15) is 28.6 Å². The Morgan fingerprint density at radius 1 is 1.24 bits per heavy atom. The fraction of sp³-hybridized carbons (Fsp3) is 0.133. The van der Waals surface area contributed by atoms with Crippen LogP contribution in [0.1, 0.15) is 5.82 Å². The van der Waals surface area contributed by atoms with Crippen molar-refractivity contribution in [2.75, 3.05) is 7.11 Å². The third-order valence-corrected chi connectivity index (χ3v) is 3.76. The van der Waals surface area contributed by atoms with Crippen molar-refractivity contribution < 1.29 is 9.13 Å². The Bertz CT molecular complexity index is 797. The molecule has 0 fully saturated rings. The molecule has 0 aliphatic carbocycles. The van der Waals surface area contributed by atoms with Crippen molar-refractivity contribution in [3.8, 4) is 11.4 Å². The molecule has 3 nitrogen and oxygen atoms in total. The van der Waals surface area contributed by atoms with E-state index in [1.807, 2.05) is 12.1 Å². The molecule has 0 atom stereocenters. The number of halogens is 3. The molecular weight excluding hydrogens is 314 g/mol. The molecule has 21 heavy (non-hydrogen) atoms. The van der Waals surface area contributed by atoms with E-state index in [0.29, 0.717) is 27.6 Å². The van der Waals surface area contributed by atoms with Crippen molar-refractivity contribution in [3.05, 3.63) is 53.1 Å². The van der Waals surface area contributed by atoms with Gasteiger partial charge in [0.05, 0.1) is 23.5 Å². The maximum absolute atomic E-state index is 14.2. The van der Waals surface area contributed by atoms with E-state index in [0.717, 1.165) is 0 Å². The Morgan fingerprint density at radius 3 is 2.67 bits per heavy atom. The number of aromatic nitrogens is 2. The molecule has 0 saturated heterocycles. The molecule has 3 rings (SSSR count). The number of ether oxygens (including phenoxy) is 1. The molecule has 6 heteroatoms. The molecule has 0 spiro atoms. The van der Waals surface area contributed by atoms with E-state index in [4.69, 9.17) is 27.9 Å². The topological polar surface area (TPSA) is 27.1 Å². The average Bonchev–Trinajstić information content (AvgIpc) is 2.86. The third-order valence-electron chi connectivity index (χ3n) is 3.22. The Morgan fingerprint density at radius 2 is 2.00 bits per heavy atom. The Balaban J connectivity index is 2.42. The van der Waals surface area contributed by atoms with E-state index in [1.54, 1.807) is 29.9 Å². The quantitative estimate of drug-likeness (QED) is 0.660. The number of nitrogens with zero attached hydrogens (tertiary/aromatic N) is 2. The van der Waals surface area contributed by atoms with Gasteiger partial charge >= 0.3 is 0 Å². The van der Waals surface area contributed by atoms with Crippen LogP contribution >= 0.6 is 23.2 Å². The normalized spacial score (nSPS) is 11.0. The number of alkyl halides is 1. The van der Waals surface area contributed by atoms with E-state index >= 15 is 0 Å². The number of imidazole rings is 1. The van der Waals surface area contributed by atoms with Crippen molar-refractivity contribution in [2.24, 2.45) is 0 Å². The number of fused-ring (bicyclic) bond motifs is 1. The summed E-state index contributed by atoms with van der Waals surface area (Å²) in [7, 11) is 1.56. The number of para-hydroxylation sites is 2. The van der Waals surface area contributed by atoms with Crippen LogP contribution in [0, 0.1) is 5.82 Å². The monoisotopic (exact) mass is 324 g/mol. The van der Waals surface area contributed by atoms with Crippen molar-refractivity contribution in [3.63, 3.8) is 0 Å². The van der Waals surface area contributed by atoms with Gasteiger partial charge in [-0.1, -0.05) is 23.7 Å². The summed E-state index contributed by atoms with van der Waals surface area (Å²) in [6.07, 6.45) is 0. The molecule has 1 aromatic heterocycles. The maximum Gasteiger partial charge on any atom is 0.148 e. The Hall–Kier alpha value is -1.78. The molecule has 0 bridgehead atoms. The van der Waals surface area contributed by atoms with Crippen LogP contribution in [0.15, 0.2) is 36.4 Å². The van der Waals surface area contributed by atoms with Crippen LogP contribution in [-0.4, -0.2) is 16.7 Å². The summed E-state index contributed by atoms with van der Waals surface area (Å²) in [6, 6.07) is 9.97. The van der Waals surface area contributed by atoms with E-state index in [9.17, 15) is 4.39 Å². The second kappa shape index (κ2) is 5.54. The van der Waals surface area contributed by atoms with Crippen LogP contribution < -0.4 is 4.74 Å². The second-order valence-electron chi connectivity index (χ2n) is 4.40. The summed E-state index contributed by atoms with van der Waals surface area (Å²) < 4.78 is 21.2. The standard InChI is InChI=1S/C15H11Cl2FN2O/c1-21-12-7-3-6-11-14(12)19-13(8-16)20(11)15-9(17)4-2-5-10(15)18/h2-7H,8H2,1H3. The minimum atomic E-state index is -0.434. The summed E-state index contributed by atoms with van der Waals surface area (Å²) in [5, 5.41) is 0.295. The second-order valence-corrected chi connectivity index (χ2v) is 5.07. The van der Waals surface area contributed by atoms with Gasteiger partial charge in [0, 0.05) is 0 Å². The Kier molecular flexibility index (Phi) is 3.74. The zero-order chi connectivity index (χ0) is 15.0. The van der Waals surface area contributed by atoms with E-state index in [1.165, 1.54) is 6.07 Å². The number of hydrogen-bond acceptors (Lipinski definition) is 2. The smallest absolute Gasteiger partial charge is 0.148 e.